The van der Waals surface area contributed by atoms with E-state index < -0.39 is 6.10 Å². The first-order chi connectivity index (χ1) is 14.7. The van der Waals surface area contributed by atoms with Crippen LogP contribution in [0.25, 0.3) is 0 Å². The van der Waals surface area contributed by atoms with Crippen LogP contribution in [0.2, 0.25) is 0 Å². The average molecular weight is 416 g/mol. The molecule has 7 heteroatoms. The highest BCUT2D eigenvalue weighted by molar-refractivity contribution is 5.89. The first-order valence-electron chi connectivity index (χ1n) is 11.3. The summed E-state index contributed by atoms with van der Waals surface area (Å²) in [6.07, 6.45) is 10.4. The molecule has 0 radical (unpaired) electrons. The Morgan fingerprint density at radius 3 is 2.43 bits per heavy atom. The second-order valence-electron chi connectivity index (χ2n) is 8.65. The monoisotopic (exact) mass is 415 g/mol. The molecule has 2 aliphatic heterocycles. The number of pyridine rings is 1. The van der Waals surface area contributed by atoms with Crippen molar-refractivity contribution in [3.63, 3.8) is 0 Å². The Hall–Kier alpha value is -1.99. The van der Waals surface area contributed by atoms with Crippen LogP contribution in [0.3, 0.4) is 0 Å². The van der Waals surface area contributed by atoms with E-state index in [1.807, 2.05) is 21.9 Å². The molecule has 1 aromatic heterocycles. The second kappa shape index (κ2) is 9.88. The summed E-state index contributed by atoms with van der Waals surface area (Å²) in [6, 6.07) is 3.97. The number of ether oxygens (including phenoxy) is 2. The van der Waals surface area contributed by atoms with Crippen LogP contribution in [-0.2, 0) is 19.1 Å². The third-order valence-electron chi connectivity index (χ3n) is 6.84. The normalized spacial score (nSPS) is 26.0. The van der Waals surface area contributed by atoms with E-state index in [-0.39, 0.29) is 23.9 Å². The summed E-state index contributed by atoms with van der Waals surface area (Å²) in [5.74, 6) is 0.587. The number of rotatable bonds is 7. The zero-order valence-corrected chi connectivity index (χ0v) is 17.9. The van der Waals surface area contributed by atoms with Gasteiger partial charge in [-0.05, 0) is 43.4 Å². The van der Waals surface area contributed by atoms with Crippen LogP contribution in [0.15, 0.2) is 24.5 Å². The number of hydrogen-bond acceptors (Lipinski definition) is 5. The van der Waals surface area contributed by atoms with Crippen LogP contribution in [0, 0.1) is 5.92 Å². The van der Waals surface area contributed by atoms with E-state index >= 15 is 0 Å². The van der Waals surface area contributed by atoms with Gasteiger partial charge in [0, 0.05) is 44.6 Å². The van der Waals surface area contributed by atoms with Crippen molar-refractivity contribution in [3.8, 4) is 0 Å². The van der Waals surface area contributed by atoms with Crippen molar-refractivity contribution in [1.82, 2.24) is 14.8 Å². The molecule has 0 N–H and O–H groups in total. The molecule has 3 fully saturated rings. The van der Waals surface area contributed by atoms with Gasteiger partial charge in [-0.2, -0.15) is 0 Å². The minimum atomic E-state index is -0.468. The zero-order chi connectivity index (χ0) is 20.9. The largest absolute Gasteiger partial charge is 0.382 e. The molecule has 1 saturated carbocycles. The Balaban J connectivity index is 1.39. The minimum absolute atomic E-state index is 0.0463. The van der Waals surface area contributed by atoms with E-state index in [0.29, 0.717) is 19.1 Å². The molecule has 2 unspecified atom stereocenters. The van der Waals surface area contributed by atoms with Crippen LogP contribution in [0.1, 0.15) is 56.6 Å². The number of hydrogen-bond donors (Lipinski definition) is 0. The molecule has 0 spiro atoms. The number of carbonyl (C=O) groups excluding carboxylic acids is 2. The van der Waals surface area contributed by atoms with Gasteiger partial charge in [0.15, 0.2) is 6.10 Å². The lowest BCUT2D eigenvalue weighted by molar-refractivity contribution is -0.184. The summed E-state index contributed by atoms with van der Waals surface area (Å²) in [4.78, 5) is 34.0. The molecule has 0 bridgehead atoms. The lowest BCUT2D eigenvalue weighted by Crippen LogP contribution is -2.65. The summed E-state index contributed by atoms with van der Waals surface area (Å²) >= 11 is 0. The molecule has 30 heavy (non-hydrogen) atoms. The topological polar surface area (TPSA) is 72.0 Å². The third kappa shape index (κ3) is 4.37. The van der Waals surface area contributed by atoms with E-state index in [1.54, 1.807) is 19.5 Å². The van der Waals surface area contributed by atoms with Crippen LogP contribution >= 0.6 is 0 Å². The van der Waals surface area contributed by atoms with Gasteiger partial charge in [-0.1, -0.05) is 19.3 Å². The van der Waals surface area contributed by atoms with Crippen molar-refractivity contribution < 1.29 is 19.1 Å². The van der Waals surface area contributed by atoms with Gasteiger partial charge >= 0.3 is 0 Å². The van der Waals surface area contributed by atoms with Crippen LogP contribution < -0.4 is 0 Å². The summed E-state index contributed by atoms with van der Waals surface area (Å²) in [7, 11) is 1.63. The number of methoxy groups -OCH3 is 1. The Labute approximate surface area is 178 Å². The molecule has 3 aliphatic rings. The first-order valence-corrected chi connectivity index (χ1v) is 11.3. The van der Waals surface area contributed by atoms with Gasteiger partial charge in [-0.3, -0.25) is 14.6 Å². The molecule has 4 rings (SSSR count). The Kier molecular flexibility index (Phi) is 7.00. The number of carbonyl (C=O) groups is 2. The highest BCUT2D eigenvalue weighted by atomic mass is 16.5. The third-order valence-corrected chi connectivity index (χ3v) is 6.84. The van der Waals surface area contributed by atoms with Crippen molar-refractivity contribution in [1.29, 1.82) is 0 Å². The SMILES string of the molecule is COCCOC1C(=O)N(C2CCN(C(=O)C3CCCCC3)CC2)C1c1ccncc1. The number of nitrogens with zero attached hydrogens (tertiary/aromatic N) is 3. The van der Waals surface area contributed by atoms with Crippen molar-refractivity contribution >= 4 is 11.8 Å². The predicted octanol–water partition coefficient (Wildman–Crippen LogP) is 2.57. The van der Waals surface area contributed by atoms with E-state index in [1.165, 1.54) is 19.3 Å². The maximum Gasteiger partial charge on any atom is 0.255 e. The van der Waals surface area contributed by atoms with Crippen LogP contribution in [0.5, 0.6) is 0 Å². The van der Waals surface area contributed by atoms with Gasteiger partial charge in [-0.25, -0.2) is 0 Å². The number of β-lactam (4-membered cyclic amide) rings is 1. The maximum absolute atomic E-state index is 13.0. The predicted molar refractivity (Wildman–Crippen MR) is 112 cm³/mol. The zero-order valence-electron chi connectivity index (χ0n) is 17.9. The standard InChI is InChI=1S/C23H33N3O4/c1-29-15-16-30-21-20(17-7-11-24-12-8-17)26(23(21)28)19-9-13-25(14-10-19)22(27)18-5-3-2-4-6-18/h7-8,11-12,18-21H,2-6,9-10,13-16H2,1H3. The summed E-state index contributed by atoms with van der Waals surface area (Å²) in [6.45, 7) is 2.34. The summed E-state index contributed by atoms with van der Waals surface area (Å²) < 4.78 is 10.9. The lowest BCUT2D eigenvalue weighted by atomic mass is 9.85. The molecule has 0 aromatic carbocycles. The van der Waals surface area contributed by atoms with Crippen molar-refractivity contribution in [2.75, 3.05) is 33.4 Å². The quantitative estimate of drug-likeness (QED) is 0.506. The fraction of sp³-hybridized carbons (Fsp3) is 0.696. The molecule has 2 atom stereocenters. The average Bonchev–Trinajstić information content (AvgIpc) is 2.81. The van der Waals surface area contributed by atoms with Gasteiger partial charge in [0.25, 0.3) is 5.91 Å². The molecule has 3 heterocycles. The van der Waals surface area contributed by atoms with E-state index in [9.17, 15) is 9.59 Å². The molecule has 7 nitrogen and oxygen atoms in total. The Morgan fingerprint density at radius 1 is 1.07 bits per heavy atom. The maximum atomic E-state index is 13.0. The van der Waals surface area contributed by atoms with Crippen molar-refractivity contribution in [2.45, 2.75) is 63.1 Å². The van der Waals surface area contributed by atoms with Gasteiger partial charge < -0.3 is 19.3 Å². The fourth-order valence-corrected chi connectivity index (χ4v) is 5.18. The molecular weight excluding hydrogens is 382 g/mol. The molecule has 164 valence electrons. The molecule has 1 aromatic rings. The van der Waals surface area contributed by atoms with Gasteiger partial charge in [-0.15, -0.1) is 0 Å². The number of likely N-dealkylation sites (tertiary alicyclic amines) is 2. The fourth-order valence-electron chi connectivity index (χ4n) is 5.18. The summed E-state index contributed by atoms with van der Waals surface area (Å²) in [5, 5.41) is 0. The molecule has 1 aliphatic carbocycles. The molecular formula is C23H33N3O4. The minimum Gasteiger partial charge on any atom is -0.382 e. The number of piperidine rings is 1. The Morgan fingerprint density at radius 2 is 1.77 bits per heavy atom. The lowest BCUT2D eigenvalue weighted by Gasteiger charge is -2.52. The molecule has 2 amide bonds. The van der Waals surface area contributed by atoms with E-state index in [0.717, 1.165) is 44.3 Å². The van der Waals surface area contributed by atoms with Crippen molar-refractivity contribution in [2.24, 2.45) is 5.92 Å². The van der Waals surface area contributed by atoms with E-state index in [4.69, 9.17) is 9.47 Å². The first kappa shape index (κ1) is 21.2. The van der Waals surface area contributed by atoms with E-state index in [2.05, 4.69) is 4.98 Å². The van der Waals surface area contributed by atoms with Crippen LogP contribution in [0.4, 0.5) is 0 Å². The number of amides is 2. The number of aromatic nitrogens is 1. The van der Waals surface area contributed by atoms with Gasteiger partial charge in [0.2, 0.25) is 5.91 Å². The molecule has 2 saturated heterocycles. The van der Waals surface area contributed by atoms with Crippen molar-refractivity contribution in [3.05, 3.63) is 30.1 Å². The Bertz CT molecular complexity index is 714. The highest BCUT2D eigenvalue weighted by Crippen LogP contribution is 2.41. The second-order valence-corrected chi connectivity index (χ2v) is 8.65. The summed E-state index contributed by atoms with van der Waals surface area (Å²) in [5.41, 5.74) is 1.05. The van der Waals surface area contributed by atoms with Gasteiger partial charge in [0.1, 0.15) is 0 Å². The van der Waals surface area contributed by atoms with Gasteiger partial charge in [0.05, 0.1) is 19.3 Å². The smallest absolute Gasteiger partial charge is 0.255 e. The highest BCUT2D eigenvalue weighted by Gasteiger charge is 2.52. The van der Waals surface area contributed by atoms with Crippen LogP contribution in [-0.4, -0.2) is 72.2 Å².